The first kappa shape index (κ1) is 33.7. The third-order valence-corrected chi connectivity index (χ3v) is 11.8. The molecule has 4 fully saturated rings. The van der Waals surface area contributed by atoms with Gasteiger partial charge in [-0.25, -0.2) is 0 Å². The van der Waals surface area contributed by atoms with E-state index in [1.807, 2.05) is 0 Å². The maximum absolute atomic E-state index is 12.4. The van der Waals surface area contributed by atoms with E-state index in [-0.39, 0.29) is 83.6 Å². The summed E-state index contributed by atoms with van der Waals surface area (Å²) in [7, 11) is -4.21. The number of carbonyl (C=O) groups excluding carboxylic acids is 4. The minimum atomic E-state index is -4.21. The fourth-order valence-electron chi connectivity index (χ4n) is 9.66. The van der Waals surface area contributed by atoms with Crippen LogP contribution in [0.4, 0.5) is 0 Å². The Labute approximate surface area is 254 Å². The van der Waals surface area contributed by atoms with Gasteiger partial charge >= 0.3 is 23.9 Å². The van der Waals surface area contributed by atoms with Crippen molar-refractivity contribution in [3.8, 4) is 0 Å². The highest BCUT2D eigenvalue weighted by Gasteiger charge is 2.65. The van der Waals surface area contributed by atoms with Crippen LogP contribution in [-0.2, 0) is 48.2 Å². The average Bonchev–Trinajstić information content (AvgIpc) is 3.23. The molecule has 11 atom stereocenters. The van der Waals surface area contributed by atoms with Crippen molar-refractivity contribution in [1.82, 2.24) is 0 Å². The summed E-state index contributed by atoms with van der Waals surface area (Å²) >= 11 is 0. The fourth-order valence-corrected chi connectivity index (χ4v) is 9.96. The first-order chi connectivity index (χ1) is 20.1. The van der Waals surface area contributed by atoms with Crippen LogP contribution in [0.1, 0.15) is 92.4 Å². The van der Waals surface area contributed by atoms with Crippen LogP contribution in [0.15, 0.2) is 0 Å². The highest BCUT2D eigenvalue weighted by molar-refractivity contribution is 7.85. The molecule has 0 aliphatic heterocycles. The van der Waals surface area contributed by atoms with Gasteiger partial charge in [-0.1, -0.05) is 13.8 Å². The van der Waals surface area contributed by atoms with Crippen LogP contribution in [0.3, 0.4) is 0 Å². The molecule has 4 saturated carbocycles. The normalized spacial score (nSPS) is 37.6. The van der Waals surface area contributed by atoms with Gasteiger partial charge in [0.05, 0.1) is 0 Å². The molecule has 4 aliphatic rings. The van der Waals surface area contributed by atoms with E-state index in [0.717, 1.165) is 38.5 Å². The largest absolute Gasteiger partial charge is 0.464 e. The molecule has 12 heteroatoms. The summed E-state index contributed by atoms with van der Waals surface area (Å²) in [5, 5.41) is 0. The van der Waals surface area contributed by atoms with Gasteiger partial charge in [0.1, 0.15) is 30.7 Å². The molecule has 0 aromatic rings. The molecule has 4 aliphatic carbocycles. The van der Waals surface area contributed by atoms with Crippen molar-refractivity contribution in [2.75, 3.05) is 12.4 Å². The molecule has 11 nitrogen and oxygen atoms in total. The van der Waals surface area contributed by atoms with E-state index in [1.54, 1.807) is 0 Å². The van der Waals surface area contributed by atoms with Crippen LogP contribution >= 0.6 is 0 Å². The summed E-state index contributed by atoms with van der Waals surface area (Å²) in [5.74, 6) is -0.770. The minimum absolute atomic E-state index is 0.0846. The van der Waals surface area contributed by atoms with Crippen molar-refractivity contribution in [3.05, 3.63) is 0 Å². The van der Waals surface area contributed by atoms with Crippen molar-refractivity contribution in [2.45, 2.75) is 111 Å². The van der Waals surface area contributed by atoms with E-state index < -0.39 is 28.4 Å². The monoisotopic (exact) mass is 628 g/mol. The maximum atomic E-state index is 12.4. The highest BCUT2D eigenvalue weighted by Crippen LogP contribution is 2.66. The second kappa shape index (κ2) is 13.4. The first-order valence-electron chi connectivity index (χ1n) is 15.7. The van der Waals surface area contributed by atoms with Gasteiger partial charge in [-0.05, 0) is 86.9 Å². The Morgan fingerprint density at radius 1 is 0.884 bits per heavy atom. The Balaban J connectivity index is 1.55. The van der Waals surface area contributed by atoms with Crippen molar-refractivity contribution < 1.29 is 51.1 Å². The van der Waals surface area contributed by atoms with E-state index >= 15 is 0 Å². The van der Waals surface area contributed by atoms with Crippen LogP contribution in [0.5, 0.6) is 0 Å². The van der Waals surface area contributed by atoms with E-state index in [2.05, 4.69) is 13.8 Å². The van der Waals surface area contributed by atoms with Crippen LogP contribution in [0, 0.1) is 46.8 Å². The first-order valence-corrected chi connectivity index (χ1v) is 17.3. The summed E-state index contributed by atoms with van der Waals surface area (Å²) in [5.41, 5.74) is -0.388. The molecule has 0 radical (unpaired) electrons. The van der Waals surface area contributed by atoms with Crippen molar-refractivity contribution in [3.63, 3.8) is 0 Å². The molecule has 0 aromatic carbocycles. The Hall–Kier alpha value is -2.21. The van der Waals surface area contributed by atoms with Crippen molar-refractivity contribution in [1.29, 1.82) is 0 Å². The lowest BCUT2D eigenvalue weighted by Gasteiger charge is -2.60. The molecular weight excluding hydrogens is 580 g/mol. The van der Waals surface area contributed by atoms with Crippen LogP contribution in [0.2, 0.25) is 0 Å². The molecule has 0 bridgehead atoms. The summed E-state index contributed by atoms with van der Waals surface area (Å²) in [6, 6.07) is 0. The summed E-state index contributed by atoms with van der Waals surface area (Å²) < 4.78 is 53.5. The zero-order valence-corrected chi connectivity index (χ0v) is 26.8. The predicted molar refractivity (Wildman–Crippen MR) is 154 cm³/mol. The zero-order valence-electron chi connectivity index (χ0n) is 26.0. The Kier molecular flexibility index (Phi) is 10.5. The number of carbonyl (C=O) groups is 4. The quantitative estimate of drug-likeness (QED) is 0.211. The van der Waals surface area contributed by atoms with Gasteiger partial charge in [0.2, 0.25) is 0 Å². The lowest BCUT2D eigenvalue weighted by Crippen LogP contribution is -2.60. The van der Waals surface area contributed by atoms with E-state index in [9.17, 15) is 27.6 Å². The lowest BCUT2D eigenvalue weighted by atomic mass is 9.47. The Morgan fingerprint density at radius 3 is 2.19 bits per heavy atom. The summed E-state index contributed by atoms with van der Waals surface area (Å²) in [4.78, 5) is 48.8. The smallest absolute Gasteiger partial charge is 0.305 e. The van der Waals surface area contributed by atoms with Gasteiger partial charge < -0.3 is 18.9 Å². The molecule has 43 heavy (non-hydrogen) atoms. The third-order valence-electron chi connectivity index (χ3n) is 11.1. The molecule has 4 rings (SSSR count). The molecule has 8 unspecified atom stereocenters. The SMILES string of the molecule is CC(=O)OC1CCC2C(C1)CC(OC(C)=O)C1[C@@H]2CC(OC(C)=O)C2(C)C([C@H](C)CCC(=O)OCCS(=O)(=O)O)CC[C@@H]12. The lowest BCUT2D eigenvalue weighted by molar-refractivity contribution is -0.206. The molecule has 244 valence electrons. The maximum Gasteiger partial charge on any atom is 0.305 e. The topological polar surface area (TPSA) is 160 Å². The molecule has 0 spiro atoms. The summed E-state index contributed by atoms with van der Waals surface area (Å²) in [6.45, 7) is 8.22. The molecule has 0 heterocycles. The number of hydrogen-bond acceptors (Lipinski definition) is 10. The second-order valence-corrected chi connectivity index (χ2v) is 15.2. The minimum Gasteiger partial charge on any atom is -0.464 e. The van der Waals surface area contributed by atoms with Crippen LogP contribution in [0.25, 0.3) is 0 Å². The molecule has 1 N–H and O–H groups in total. The predicted octanol–water partition coefficient (Wildman–Crippen LogP) is 4.12. The van der Waals surface area contributed by atoms with Gasteiger partial charge in [-0.3, -0.25) is 23.7 Å². The second-order valence-electron chi connectivity index (χ2n) is 13.6. The van der Waals surface area contributed by atoms with Gasteiger partial charge in [0, 0.05) is 38.5 Å². The third kappa shape index (κ3) is 7.72. The Morgan fingerprint density at radius 2 is 1.56 bits per heavy atom. The number of hydrogen-bond donors (Lipinski definition) is 1. The zero-order chi connectivity index (χ0) is 31.7. The number of fused-ring (bicyclic) bond motifs is 5. The molecule has 0 saturated heterocycles. The average molecular weight is 629 g/mol. The van der Waals surface area contributed by atoms with E-state index in [0.29, 0.717) is 18.8 Å². The summed E-state index contributed by atoms with van der Waals surface area (Å²) in [6.07, 6.45) is 5.53. The highest BCUT2D eigenvalue weighted by atomic mass is 32.2. The number of rotatable bonds is 10. The van der Waals surface area contributed by atoms with Crippen molar-refractivity contribution in [2.24, 2.45) is 46.8 Å². The molecule has 0 aromatic heterocycles. The number of esters is 4. The standard InChI is InChI=1S/C31H48O11S/c1-17(6-11-29(35)39-12-13-43(36,37)38)25-9-10-26-30-24(16-28(31(25,26)5)42-20(4)34)23-8-7-22(40-18(2)32)14-21(23)15-27(30)41-19(3)33/h17,21-28,30H,6-16H2,1-5H3,(H,36,37,38)/t17-,21?,22?,23?,24-,25?,26+,27?,28?,30?,31?/m1/s1. The molecular formula is C31H48O11S. The van der Waals surface area contributed by atoms with Gasteiger partial charge in [-0.15, -0.1) is 0 Å². The molecule has 0 amide bonds. The van der Waals surface area contributed by atoms with Crippen LogP contribution in [-0.4, -0.2) is 67.5 Å². The van der Waals surface area contributed by atoms with Gasteiger partial charge in [0.15, 0.2) is 0 Å². The Bertz CT molecular complexity index is 1170. The van der Waals surface area contributed by atoms with Gasteiger partial charge in [-0.2, -0.15) is 8.42 Å². The van der Waals surface area contributed by atoms with Crippen molar-refractivity contribution >= 4 is 34.0 Å². The van der Waals surface area contributed by atoms with E-state index in [4.69, 9.17) is 23.5 Å². The van der Waals surface area contributed by atoms with Crippen LogP contribution < -0.4 is 0 Å². The van der Waals surface area contributed by atoms with Gasteiger partial charge in [0.25, 0.3) is 10.1 Å². The fraction of sp³-hybridized carbons (Fsp3) is 0.871. The number of ether oxygens (including phenoxy) is 4. The van der Waals surface area contributed by atoms with E-state index in [1.165, 1.54) is 20.8 Å².